The summed E-state index contributed by atoms with van der Waals surface area (Å²) in [6, 6.07) is 5.28. The smallest absolute Gasteiger partial charge is 0.128 e. The van der Waals surface area contributed by atoms with E-state index in [0.717, 1.165) is 24.2 Å². The largest absolute Gasteiger partial charge is 0.298 e. The Morgan fingerprint density at radius 2 is 1.67 bits per heavy atom. The van der Waals surface area contributed by atoms with Crippen LogP contribution in [-0.2, 0) is 13.1 Å². The molecule has 0 aliphatic carbocycles. The molecule has 0 saturated heterocycles. The van der Waals surface area contributed by atoms with E-state index in [2.05, 4.69) is 4.90 Å². The second-order valence-corrected chi connectivity index (χ2v) is 3.05. The topological polar surface area (TPSA) is 3.24 Å². The van der Waals surface area contributed by atoms with Crippen LogP contribution in [0, 0.1) is 5.82 Å². The van der Waals surface area contributed by atoms with Gasteiger partial charge >= 0.3 is 0 Å². The van der Waals surface area contributed by atoms with Crippen LogP contribution in [0.4, 0.5) is 4.39 Å². The highest BCUT2D eigenvalue weighted by atomic mass is 19.1. The summed E-state index contributed by atoms with van der Waals surface area (Å²) >= 11 is 0. The number of nitrogens with zero attached hydrogens (tertiary/aromatic N) is 1. The quantitative estimate of drug-likeness (QED) is 0.630. The Hall–Kier alpha value is -0.890. The maximum atomic E-state index is 13.0. The summed E-state index contributed by atoms with van der Waals surface area (Å²) in [5.74, 6) is -0.0631. The Morgan fingerprint density at radius 3 is 2.20 bits per heavy atom. The normalized spacial score (nSPS) is 13.2. The molecule has 1 aromatic carbocycles. The van der Waals surface area contributed by atoms with Gasteiger partial charge in [-0.1, -0.05) is 39.8 Å². The van der Waals surface area contributed by atoms with Crippen LogP contribution < -0.4 is 0 Å². The summed E-state index contributed by atoms with van der Waals surface area (Å²) in [5.41, 5.74) is 2.00. The van der Waals surface area contributed by atoms with Crippen LogP contribution in [0.5, 0.6) is 0 Å². The van der Waals surface area contributed by atoms with Crippen LogP contribution in [0.2, 0.25) is 0 Å². The van der Waals surface area contributed by atoms with Gasteiger partial charge in [0.05, 0.1) is 0 Å². The number of hydrogen-bond acceptors (Lipinski definition) is 1. The Kier molecular flexibility index (Phi) is 6.97. The highest BCUT2D eigenvalue weighted by Gasteiger charge is 2.17. The summed E-state index contributed by atoms with van der Waals surface area (Å²) in [6.07, 6.45) is 0. The molecule has 0 N–H and O–H groups in total. The van der Waals surface area contributed by atoms with Gasteiger partial charge < -0.3 is 0 Å². The molecular weight excluding hydrogens is 189 g/mol. The Bertz CT molecular complexity index is 284. The molecule has 0 amide bonds. The zero-order valence-corrected chi connectivity index (χ0v) is 10.5. The lowest BCUT2D eigenvalue weighted by atomic mass is 10.1. The van der Waals surface area contributed by atoms with Crippen molar-refractivity contribution in [2.75, 3.05) is 7.05 Å². The second kappa shape index (κ2) is 7.41. The lowest BCUT2D eigenvalue weighted by Crippen LogP contribution is -2.07. The third-order valence-electron chi connectivity index (χ3n) is 2.08. The average Bonchev–Trinajstić information content (AvgIpc) is 2.66. The fourth-order valence-electron chi connectivity index (χ4n) is 1.55. The van der Waals surface area contributed by atoms with Gasteiger partial charge in [-0.15, -0.1) is 0 Å². The van der Waals surface area contributed by atoms with Gasteiger partial charge in [-0.2, -0.15) is 0 Å². The van der Waals surface area contributed by atoms with E-state index in [1.807, 2.05) is 40.8 Å². The van der Waals surface area contributed by atoms with Gasteiger partial charge in [0.15, 0.2) is 0 Å². The number of fused-ring (bicyclic) bond motifs is 1. The van der Waals surface area contributed by atoms with Gasteiger partial charge in [0.2, 0.25) is 0 Å². The summed E-state index contributed by atoms with van der Waals surface area (Å²) in [5, 5.41) is 0. The maximum Gasteiger partial charge on any atom is 0.128 e. The lowest BCUT2D eigenvalue weighted by molar-refractivity contribution is 0.350. The molecule has 0 bridgehead atoms. The molecule has 15 heavy (non-hydrogen) atoms. The molecule has 0 saturated carbocycles. The Morgan fingerprint density at radius 1 is 1.07 bits per heavy atom. The summed E-state index contributed by atoms with van der Waals surface area (Å²) in [7, 11) is 2.00. The van der Waals surface area contributed by atoms with Crippen molar-refractivity contribution in [2.24, 2.45) is 0 Å². The highest BCUT2D eigenvalue weighted by Crippen LogP contribution is 2.23. The van der Waals surface area contributed by atoms with E-state index in [0.29, 0.717) is 0 Å². The third kappa shape index (κ3) is 3.63. The van der Waals surface area contributed by atoms with E-state index in [-0.39, 0.29) is 5.82 Å². The molecule has 86 valence electrons. The fraction of sp³-hybridized carbons (Fsp3) is 0.538. The average molecular weight is 211 g/mol. The lowest BCUT2D eigenvalue weighted by Gasteiger charge is -2.02. The van der Waals surface area contributed by atoms with E-state index in [4.69, 9.17) is 0 Å². The molecule has 1 nitrogen and oxygen atoms in total. The summed E-state index contributed by atoms with van der Waals surface area (Å²) < 4.78 is 13.0. The molecule has 2 heteroatoms. The zero-order chi connectivity index (χ0) is 11.8. The molecule has 1 aromatic rings. The predicted molar refractivity (Wildman–Crippen MR) is 64.3 cm³/mol. The van der Waals surface area contributed by atoms with Crippen LogP contribution >= 0.6 is 0 Å². The SMILES string of the molecule is CC.CC.CN1Cc2cccc(F)c2C1. The molecule has 0 unspecified atom stereocenters. The Labute approximate surface area is 92.9 Å². The third-order valence-corrected chi connectivity index (χ3v) is 2.08. The van der Waals surface area contributed by atoms with Crippen LogP contribution in [0.15, 0.2) is 18.2 Å². The van der Waals surface area contributed by atoms with Gasteiger partial charge in [0.1, 0.15) is 5.82 Å². The summed E-state index contributed by atoms with van der Waals surface area (Å²) in [6.45, 7) is 9.63. The number of rotatable bonds is 0. The van der Waals surface area contributed by atoms with Gasteiger partial charge in [-0.25, -0.2) is 4.39 Å². The van der Waals surface area contributed by atoms with Crippen LogP contribution in [0.25, 0.3) is 0 Å². The number of halogens is 1. The first kappa shape index (κ1) is 14.1. The van der Waals surface area contributed by atoms with Crippen molar-refractivity contribution in [3.05, 3.63) is 35.1 Å². The predicted octanol–water partition coefficient (Wildman–Crippen LogP) is 3.82. The first-order chi connectivity index (χ1) is 7.27. The first-order valence-corrected chi connectivity index (χ1v) is 5.72. The van der Waals surface area contributed by atoms with E-state index >= 15 is 0 Å². The van der Waals surface area contributed by atoms with Gasteiger partial charge in [0.25, 0.3) is 0 Å². The van der Waals surface area contributed by atoms with E-state index in [9.17, 15) is 4.39 Å². The molecule has 0 fully saturated rings. The van der Waals surface area contributed by atoms with Crippen LogP contribution in [0.1, 0.15) is 38.8 Å². The molecule has 1 aliphatic heterocycles. The van der Waals surface area contributed by atoms with Crippen molar-refractivity contribution in [1.29, 1.82) is 0 Å². The molecule has 2 rings (SSSR count). The summed E-state index contributed by atoms with van der Waals surface area (Å²) in [4.78, 5) is 2.10. The van der Waals surface area contributed by atoms with Crippen molar-refractivity contribution in [2.45, 2.75) is 40.8 Å². The molecular formula is C13H22FN. The minimum atomic E-state index is -0.0631. The van der Waals surface area contributed by atoms with Crippen molar-refractivity contribution in [3.63, 3.8) is 0 Å². The van der Waals surface area contributed by atoms with E-state index in [1.54, 1.807) is 6.07 Å². The zero-order valence-electron chi connectivity index (χ0n) is 10.5. The van der Waals surface area contributed by atoms with Crippen molar-refractivity contribution in [3.8, 4) is 0 Å². The minimum Gasteiger partial charge on any atom is -0.298 e. The molecule has 0 aromatic heterocycles. The number of benzene rings is 1. The van der Waals surface area contributed by atoms with E-state index in [1.165, 1.54) is 6.07 Å². The van der Waals surface area contributed by atoms with Gasteiger partial charge in [-0.05, 0) is 18.7 Å². The number of hydrogen-bond donors (Lipinski definition) is 0. The van der Waals surface area contributed by atoms with Crippen molar-refractivity contribution >= 4 is 0 Å². The molecule has 0 spiro atoms. The molecule has 1 heterocycles. The van der Waals surface area contributed by atoms with Crippen molar-refractivity contribution in [1.82, 2.24) is 4.90 Å². The maximum absolute atomic E-state index is 13.0. The van der Waals surface area contributed by atoms with Crippen molar-refractivity contribution < 1.29 is 4.39 Å². The molecule has 0 atom stereocenters. The molecule has 1 aliphatic rings. The second-order valence-electron chi connectivity index (χ2n) is 3.05. The molecule has 0 radical (unpaired) electrons. The van der Waals surface area contributed by atoms with E-state index < -0.39 is 0 Å². The standard InChI is InChI=1S/C9H10FN.2C2H6/c1-11-5-7-3-2-4-9(10)8(7)6-11;2*1-2/h2-4H,5-6H2,1H3;2*1-2H3. The van der Waals surface area contributed by atoms with Crippen LogP contribution in [0.3, 0.4) is 0 Å². The monoisotopic (exact) mass is 211 g/mol. The first-order valence-electron chi connectivity index (χ1n) is 5.72. The Balaban J connectivity index is 0.000000442. The van der Waals surface area contributed by atoms with Gasteiger partial charge in [-0.3, -0.25) is 4.90 Å². The fourth-order valence-corrected chi connectivity index (χ4v) is 1.55. The van der Waals surface area contributed by atoms with Gasteiger partial charge in [0, 0.05) is 18.7 Å². The highest BCUT2D eigenvalue weighted by molar-refractivity contribution is 5.31. The minimum absolute atomic E-state index is 0.0631. The van der Waals surface area contributed by atoms with Crippen LogP contribution in [-0.4, -0.2) is 11.9 Å².